The normalized spacial score (nSPS) is 16.8. The summed E-state index contributed by atoms with van der Waals surface area (Å²) in [5.41, 5.74) is -4.64. The summed E-state index contributed by atoms with van der Waals surface area (Å²) in [7, 11) is 1.08. The molecule has 1 aliphatic heterocycles. The molecule has 1 aliphatic rings. The maximum atomic E-state index is 13.7. The third kappa shape index (κ3) is 5.02. The van der Waals surface area contributed by atoms with Crippen LogP contribution in [0.2, 0.25) is 0 Å². The Labute approximate surface area is 181 Å². The number of anilines is 2. The average Bonchev–Trinajstić information content (AvgIpc) is 3.04. The number of aliphatic hydroxyl groups excluding tert-OH is 1. The SMILES string of the molecule is CN(C(=O)Oc1c(N2CC[C@H](O)C2=O)cc(C(F)(F)F)cc1C(F)(F)F)c1ccc(F)cc1. The summed E-state index contributed by atoms with van der Waals surface area (Å²) in [6.45, 7) is -0.406. The number of aliphatic hydroxyl groups is 1. The fraction of sp³-hybridized carbons (Fsp3) is 0.300. The predicted molar refractivity (Wildman–Crippen MR) is 100 cm³/mol. The van der Waals surface area contributed by atoms with E-state index in [0.29, 0.717) is 9.80 Å². The first-order valence-electron chi connectivity index (χ1n) is 9.23. The van der Waals surface area contributed by atoms with Crippen LogP contribution in [0.4, 0.5) is 46.9 Å². The smallest absolute Gasteiger partial charge is 0.407 e. The van der Waals surface area contributed by atoms with E-state index in [-0.39, 0.29) is 24.2 Å². The lowest BCUT2D eigenvalue weighted by Gasteiger charge is -2.25. The highest BCUT2D eigenvalue weighted by Gasteiger charge is 2.44. The minimum Gasteiger partial charge on any atom is -0.407 e. The highest BCUT2D eigenvalue weighted by atomic mass is 19.4. The number of carbonyl (C=O) groups is 2. The van der Waals surface area contributed by atoms with Crippen molar-refractivity contribution in [2.45, 2.75) is 24.9 Å². The molecule has 2 aromatic carbocycles. The van der Waals surface area contributed by atoms with E-state index in [4.69, 9.17) is 4.74 Å². The Morgan fingerprint density at radius 3 is 2.18 bits per heavy atom. The molecule has 13 heteroatoms. The molecule has 0 bridgehead atoms. The Bertz CT molecular complexity index is 1070. The Morgan fingerprint density at radius 1 is 1.09 bits per heavy atom. The van der Waals surface area contributed by atoms with Crippen LogP contribution in [0.3, 0.4) is 0 Å². The van der Waals surface area contributed by atoms with E-state index in [1.807, 2.05) is 0 Å². The molecule has 0 unspecified atom stereocenters. The van der Waals surface area contributed by atoms with Crippen molar-refractivity contribution in [3.63, 3.8) is 0 Å². The lowest BCUT2D eigenvalue weighted by Crippen LogP contribution is -2.33. The lowest BCUT2D eigenvalue weighted by molar-refractivity contribution is -0.143. The van der Waals surface area contributed by atoms with Gasteiger partial charge in [0.2, 0.25) is 0 Å². The van der Waals surface area contributed by atoms with Crippen molar-refractivity contribution in [3.8, 4) is 5.75 Å². The van der Waals surface area contributed by atoms with Gasteiger partial charge in [-0.2, -0.15) is 26.3 Å². The van der Waals surface area contributed by atoms with Gasteiger partial charge in [0.25, 0.3) is 5.91 Å². The van der Waals surface area contributed by atoms with Crippen LogP contribution in [0, 0.1) is 5.82 Å². The molecule has 2 amide bonds. The van der Waals surface area contributed by atoms with Gasteiger partial charge >= 0.3 is 18.4 Å². The number of hydrogen-bond acceptors (Lipinski definition) is 4. The molecule has 0 saturated carbocycles. The number of benzene rings is 2. The first-order chi connectivity index (χ1) is 15.2. The molecule has 0 spiro atoms. The number of rotatable bonds is 3. The summed E-state index contributed by atoms with van der Waals surface area (Å²) in [4.78, 5) is 25.9. The maximum absolute atomic E-state index is 13.7. The Balaban J connectivity index is 2.14. The number of alkyl halides is 6. The molecular formula is C20H15F7N2O4. The van der Waals surface area contributed by atoms with Crippen molar-refractivity contribution in [1.82, 2.24) is 0 Å². The van der Waals surface area contributed by atoms with Crippen LogP contribution >= 0.6 is 0 Å². The van der Waals surface area contributed by atoms with Crippen molar-refractivity contribution in [2.75, 3.05) is 23.4 Å². The molecule has 0 aliphatic carbocycles. The van der Waals surface area contributed by atoms with Crippen LogP contribution in [0.25, 0.3) is 0 Å². The number of ether oxygens (including phenoxy) is 1. The zero-order chi connectivity index (χ0) is 24.7. The molecule has 6 nitrogen and oxygen atoms in total. The summed E-state index contributed by atoms with van der Waals surface area (Å²) in [6, 6.07) is 4.18. The van der Waals surface area contributed by atoms with Crippen LogP contribution < -0.4 is 14.5 Å². The van der Waals surface area contributed by atoms with Gasteiger partial charge in [-0.25, -0.2) is 9.18 Å². The molecular weight excluding hydrogens is 465 g/mol. The lowest BCUT2D eigenvalue weighted by atomic mass is 10.1. The molecule has 1 fully saturated rings. The molecule has 178 valence electrons. The largest absolute Gasteiger partial charge is 0.420 e. The summed E-state index contributed by atoms with van der Waals surface area (Å²) in [5, 5.41) is 9.64. The molecule has 0 radical (unpaired) electrons. The van der Waals surface area contributed by atoms with Gasteiger partial charge in [-0.3, -0.25) is 9.69 Å². The summed E-state index contributed by atoms with van der Waals surface area (Å²) < 4.78 is 99.0. The van der Waals surface area contributed by atoms with Crippen molar-refractivity contribution in [1.29, 1.82) is 0 Å². The second-order valence-corrected chi connectivity index (χ2v) is 7.07. The summed E-state index contributed by atoms with van der Waals surface area (Å²) in [6.07, 6.45) is -14.0. The van der Waals surface area contributed by atoms with E-state index in [0.717, 1.165) is 31.3 Å². The van der Waals surface area contributed by atoms with Crippen LogP contribution in [0.5, 0.6) is 5.75 Å². The van der Waals surface area contributed by atoms with Gasteiger partial charge in [-0.15, -0.1) is 0 Å². The summed E-state index contributed by atoms with van der Waals surface area (Å²) in [5.74, 6) is -3.14. The Hall–Kier alpha value is -3.35. The quantitative estimate of drug-likeness (QED) is 0.653. The van der Waals surface area contributed by atoms with Crippen LogP contribution in [-0.2, 0) is 17.1 Å². The molecule has 1 heterocycles. The molecule has 3 rings (SSSR count). The number of amides is 2. The van der Waals surface area contributed by atoms with Crippen molar-refractivity contribution < 1.29 is 50.2 Å². The van der Waals surface area contributed by atoms with Crippen molar-refractivity contribution >= 4 is 23.4 Å². The third-order valence-electron chi connectivity index (χ3n) is 4.85. The van der Waals surface area contributed by atoms with Gasteiger partial charge in [0.15, 0.2) is 5.75 Å². The van der Waals surface area contributed by atoms with Gasteiger partial charge in [0.05, 0.1) is 11.3 Å². The zero-order valence-electron chi connectivity index (χ0n) is 16.7. The van der Waals surface area contributed by atoms with Gasteiger partial charge in [0.1, 0.15) is 17.5 Å². The Kier molecular flexibility index (Phi) is 6.29. The molecule has 0 aromatic heterocycles. The molecule has 2 aromatic rings. The average molecular weight is 480 g/mol. The molecule has 33 heavy (non-hydrogen) atoms. The predicted octanol–water partition coefficient (Wildman–Crippen LogP) is 4.60. The van der Waals surface area contributed by atoms with Gasteiger partial charge in [0, 0.05) is 25.7 Å². The number of nitrogens with zero attached hydrogens (tertiary/aromatic N) is 2. The van der Waals surface area contributed by atoms with E-state index < -0.39 is 65.4 Å². The first kappa shape index (κ1) is 24.3. The number of carbonyl (C=O) groups excluding carboxylic acids is 2. The van der Waals surface area contributed by atoms with Gasteiger partial charge in [-0.05, 0) is 36.4 Å². The van der Waals surface area contributed by atoms with Gasteiger partial charge in [-0.1, -0.05) is 0 Å². The minimum absolute atomic E-state index is 0.0103. The number of hydrogen-bond donors (Lipinski definition) is 1. The maximum Gasteiger partial charge on any atom is 0.420 e. The minimum atomic E-state index is -5.40. The zero-order valence-corrected chi connectivity index (χ0v) is 16.7. The molecule has 1 N–H and O–H groups in total. The number of halogens is 7. The molecule has 1 atom stereocenters. The fourth-order valence-electron chi connectivity index (χ4n) is 3.13. The van der Waals surface area contributed by atoms with E-state index in [1.165, 1.54) is 0 Å². The molecule has 1 saturated heterocycles. The van der Waals surface area contributed by atoms with Crippen LogP contribution in [0.1, 0.15) is 17.5 Å². The topological polar surface area (TPSA) is 70.1 Å². The van der Waals surface area contributed by atoms with Gasteiger partial charge < -0.3 is 14.7 Å². The van der Waals surface area contributed by atoms with Crippen LogP contribution in [-0.4, -0.2) is 36.8 Å². The van der Waals surface area contributed by atoms with E-state index >= 15 is 0 Å². The van der Waals surface area contributed by atoms with Crippen molar-refractivity contribution in [2.24, 2.45) is 0 Å². The van der Waals surface area contributed by atoms with Crippen LogP contribution in [0.15, 0.2) is 36.4 Å². The van der Waals surface area contributed by atoms with E-state index in [9.17, 15) is 45.4 Å². The highest BCUT2D eigenvalue weighted by Crippen LogP contribution is 2.47. The second-order valence-electron chi connectivity index (χ2n) is 7.07. The highest BCUT2D eigenvalue weighted by molar-refractivity contribution is 6.01. The first-order valence-corrected chi connectivity index (χ1v) is 9.23. The third-order valence-corrected chi connectivity index (χ3v) is 4.85. The van der Waals surface area contributed by atoms with Crippen molar-refractivity contribution in [3.05, 3.63) is 53.3 Å². The fourth-order valence-corrected chi connectivity index (χ4v) is 3.13. The Morgan fingerprint density at radius 2 is 1.70 bits per heavy atom. The second kappa shape index (κ2) is 8.54. The monoisotopic (exact) mass is 480 g/mol. The summed E-state index contributed by atoms with van der Waals surface area (Å²) >= 11 is 0. The standard InChI is InChI=1S/C20H15F7N2O4/c1-28(12-4-2-11(21)3-5-12)18(32)33-16-13(20(25,26)27)8-10(19(22,23)24)9-14(16)29-7-6-15(30)17(29)31/h2-5,8-9,15,30H,6-7H2,1H3/t15-/m0/s1. The van der Waals surface area contributed by atoms with E-state index in [2.05, 4.69) is 0 Å². The van der Waals surface area contributed by atoms with E-state index in [1.54, 1.807) is 0 Å².